The van der Waals surface area contributed by atoms with Gasteiger partial charge in [-0.25, -0.2) is 27.6 Å². The molecule has 0 bridgehead atoms. The van der Waals surface area contributed by atoms with Crippen molar-refractivity contribution in [2.45, 2.75) is 38.2 Å². The standard InChI is InChI=1S/C35H37N5O9S2/c1-22-10-16-29(24(3)20-22)48-19-7-18-40-33(37-27-8-5-6-9-31(27)50(40,43)44)32(35(42)38-28-21-23(2)11-17-30(28)47-4)49-26-14-12-25(13-15-26)34(41)39-51(36,45)46/h5-6,8-17,20-21,32H,7,18-19H2,1-4H3,(H,38,42)(H,39,41)(H2,36,45,46). The minimum atomic E-state index is -4.32. The first kappa shape index (κ1) is 36.8. The number of ether oxygens (including phenoxy) is 3. The van der Waals surface area contributed by atoms with E-state index < -0.39 is 38.2 Å². The molecule has 2 amide bonds. The summed E-state index contributed by atoms with van der Waals surface area (Å²) >= 11 is 0. The molecule has 1 aliphatic rings. The van der Waals surface area contributed by atoms with Crippen LogP contribution < -0.4 is 29.4 Å². The first-order valence-electron chi connectivity index (χ1n) is 15.6. The monoisotopic (exact) mass is 735 g/mol. The van der Waals surface area contributed by atoms with E-state index in [4.69, 9.17) is 19.3 Å². The molecule has 1 unspecified atom stereocenters. The van der Waals surface area contributed by atoms with Crippen molar-refractivity contribution >= 4 is 49.3 Å². The first-order chi connectivity index (χ1) is 24.2. The van der Waals surface area contributed by atoms with Crippen LogP contribution in [0, 0.1) is 20.8 Å². The molecule has 14 nitrogen and oxygen atoms in total. The highest BCUT2D eigenvalue weighted by Crippen LogP contribution is 2.34. The van der Waals surface area contributed by atoms with Crippen molar-refractivity contribution < 1.29 is 40.6 Å². The molecule has 1 heterocycles. The fourth-order valence-corrected chi connectivity index (χ4v) is 7.31. The van der Waals surface area contributed by atoms with Gasteiger partial charge in [-0.15, -0.1) is 0 Å². The van der Waals surface area contributed by atoms with Gasteiger partial charge in [-0.05, 0) is 86.5 Å². The van der Waals surface area contributed by atoms with Crippen molar-refractivity contribution in [2.24, 2.45) is 10.1 Å². The number of amidine groups is 1. The number of aliphatic imine (C=N–C) groups is 1. The average molecular weight is 736 g/mol. The lowest BCUT2D eigenvalue weighted by molar-refractivity contribution is -0.120. The Balaban J connectivity index is 1.52. The Bertz CT molecular complexity index is 2210. The summed E-state index contributed by atoms with van der Waals surface area (Å²) in [5, 5.41) is 7.71. The molecule has 0 fully saturated rings. The number of sulfonamides is 1. The number of fused-ring (bicyclic) bond motifs is 1. The predicted octanol–water partition coefficient (Wildman–Crippen LogP) is 4.14. The van der Waals surface area contributed by atoms with Gasteiger partial charge in [0.2, 0.25) is 6.10 Å². The Morgan fingerprint density at radius 2 is 1.59 bits per heavy atom. The molecule has 4 aromatic rings. The highest BCUT2D eigenvalue weighted by Gasteiger charge is 2.41. The van der Waals surface area contributed by atoms with E-state index in [0.29, 0.717) is 17.2 Å². The summed E-state index contributed by atoms with van der Waals surface area (Å²) in [7, 11) is -7.12. The van der Waals surface area contributed by atoms with E-state index in [1.807, 2.05) is 39.0 Å². The van der Waals surface area contributed by atoms with Crippen molar-refractivity contribution in [3.8, 4) is 17.2 Å². The molecule has 1 atom stereocenters. The number of nitrogens with zero attached hydrogens (tertiary/aromatic N) is 2. The van der Waals surface area contributed by atoms with E-state index in [1.165, 1.54) is 43.5 Å². The van der Waals surface area contributed by atoms with Crippen LogP contribution in [-0.4, -0.2) is 65.2 Å². The lowest BCUT2D eigenvalue weighted by atomic mass is 10.1. The van der Waals surface area contributed by atoms with E-state index in [2.05, 4.69) is 10.3 Å². The zero-order valence-corrected chi connectivity index (χ0v) is 29.9. The summed E-state index contributed by atoms with van der Waals surface area (Å²) in [6.07, 6.45) is -1.44. The second-order valence-corrected chi connectivity index (χ2v) is 14.8. The third-order valence-corrected chi connectivity index (χ3v) is 10.0. The van der Waals surface area contributed by atoms with E-state index in [-0.39, 0.29) is 47.3 Å². The number of amides is 2. The molecule has 0 saturated carbocycles. The number of rotatable bonds is 13. The van der Waals surface area contributed by atoms with Crippen LogP contribution in [0.15, 0.2) is 94.8 Å². The third-order valence-electron chi connectivity index (χ3n) is 7.71. The first-order valence-corrected chi connectivity index (χ1v) is 18.6. The maximum atomic E-state index is 14.2. The van der Waals surface area contributed by atoms with Crippen LogP contribution in [-0.2, 0) is 25.0 Å². The van der Waals surface area contributed by atoms with Crippen molar-refractivity contribution in [3.05, 3.63) is 107 Å². The number of anilines is 1. The smallest absolute Gasteiger partial charge is 0.298 e. The number of carbonyl (C=O) groups excluding carboxylic acids is 2. The predicted molar refractivity (Wildman–Crippen MR) is 191 cm³/mol. The molecule has 1 aliphatic heterocycles. The summed E-state index contributed by atoms with van der Waals surface area (Å²) in [6.45, 7) is 5.76. The molecule has 0 saturated heterocycles. The zero-order valence-electron chi connectivity index (χ0n) is 28.2. The lowest BCUT2D eigenvalue weighted by Crippen LogP contribution is -2.52. The van der Waals surface area contributed by atoms with E-state index in [0.717, 1.165) is 21.0 Å². The van der Waals surface area contributed by atoms with Gasteiger partial charge in [0.1, 0.15) is 22.1 Å². The number of aryl methyl sites for hydroxylation is 3. The summed E-state index contributed by atoms with van der Waals surface area (Å²) in [6, 6.07) is 22.2. The molecule has 16 heteroatoms. The Morgan fingerprint density at radius 3 is 2.25 bits per heavy atom. The summed E-state index contributed by atoms with van der Waals surface area (Å²) in [4.78, 5) is 31.1. The Kier molecular flexibility index (Phi) is 11.0. The second-order valence-electron chi connectivity index (χ2n) is 11.7. The third kappa shape index (κ3) is 8.83. The molecule has 5 rings (SSSR count). The van der Waals surface area contributed by atoms with Gasteiger partial charge in [-0.2, -0.15) is 8.42 Å². The molecular weight excluding hydrogens is 699 g/mol. The maximum absolute atomic E-state index is 14.2. The number of hydrogen-bond donors (Lipinski definition) is 3. The van der Waals surface area contributed by atoms with Crippen LogP contribution in [0.2, 0.25) is 0 Å². The Labute approximate surface area is 296 Å². The van der Waals surface area contributed by atoms with Gasteiger partial charge in [-0.1, -0.05) is 35.9 Å². The molecule has 0 spiro atoms. The lowest BCUT2D eigenvalue weighted by Gasteiger charge is -2.33. The number of nitrogens with two attached hydrogens (primary N) is 1. The van der Waals surface area contributed by atoms with Crippen molar-refractivity contribution in [2.75, 3.05) is 25.6 Å². The highest BCUT2D eigenvalue weighted by molar-refractivity contribution is 7.90. The Hall–Kier alpha value is -5.45. The van der Waals surface area contributed by atoms with Gasteiger partial charge >= 0.3 is 0 Å². The van der Waals surface area contributed by atoms with Crippen LogP contribution >= 0.6 is 0 Å². The van der Waals surface area contributed by atoms with Gasteiger partial charge in [0.15, 0.2) is 5.84 Å². The Morgan fingerprint density at radius 1 is 0.922 bits per heavy atom. The summed E-state index contributed by atoms with van der Waals surface area (Å²) in [5.41, 5.74) is 3.17. The second kappa shape index (κ2) is 15.2. The summed E-state index contributed by atoms with van der Waals surface area (Å²) in [5.74, 6) is -0.939. The fourth-order valence-electron chi connectivity index (χ4n) is 5.31. The highest BCUT2D eigenvalue weighted by atomic mass is 32.2. The number of hydrogen-bond acceptors (Lipinski definition) is 10. The number of nitrogens with one attached hydrogen (secondary N) is 2. The number of carbonyl (C=O) groups is 2. The molecule has 4 aromatic carbocycles. The van der Waals surface area contributed by atoms with Crippen molar-refractivity contribution in [1.29, 1.82) is 0 Å². The van der Waals surface area contributed by atoms with Crippen molar-refractivity contribution in [1.82, 2.24) is 9.03 Å². The van der Waals surface area contributed by atoms with Gasteiger partial charge in [0.25, 0.3) is 32.0 Å². The molecule has 51 heavy (non-hydrogen) atoms. The summed E-state index contributed by atoms with van der Waals surface area (Å²) < 4.78 is 71.3. The molecule has 0 radical (unpaired) electrons. The normalized spacial score (nSPS) is 14.1. The quantitative estimate of drug-likeness (QED) is 0.169. The van der Waals surface area contributed by atoms with E-state index in [1.54, 1.807) is 35.1 Å². The van der Waals surface area contributed by atoms with Crippen LogP contribution in [0.1, 0.15) is 33.5 Å². The van der Waals surface area contributed by atoms with Gasteiger partial charge in [0.05, 0.1) is 25.1 Å². The molecular formula is C35H37N5O9S2. The zero-order chi connectivity index (χ0) is 36.9. The molecule has 0 aliphatic carbocycles. The van der Waals surface area contributed by atoms with Gasteiger partial charge in [0, 0.05) is 18.5 Å². The molecule has 0 aromatic heterocycles. The van der Waals surface area contributed by atoms with Crippen LogP contribution in [0.25, 0.3) is 0 Å². The van der Waals surface area contributed by atoms with Gasteiger partial charge < -0.3 is 19.5 Å². The van der Waals surface area contributed by atoms with Crippen LogP contribution in [0.4, 0.5) is 11.4 Å². The minimum Gasteiger partial charge on any atom is -0.495 e. The maximum Gasteiger partial charge on any atom is 0.298 e. The SMILES string of the molecule is COc1ccc(C)cc1NC(=O)C(Oc1ccc(C(=O)NS(N)(=O)=O)cc1)C1=Nc2ccccc2S(=O)(=O)N1CCCOc1ccc(C)cc1C. The molecule has 4 N–H and O–H groups in total. The topological polar surface area (TPSA) is 196 Å². The van der Waals surface area contributed by atoms with E-state index in [9.17, 15) is 26.4 Å². The van der Waals surface area contributed by atoms with Crippen molar-refractivity contribution in [3.63, 3.8) is 0 Å². The fraction of sp³-hybridized carbons (Fsp3) is 0.229. The molecule has 268 valence electrons. The largest absolute Gasteiger partial charge is 0.495 e. The minimum absolute atomic E-state index is 0.0376. The van der Waals surface area contributed by atoms with Crippen LogP contribution in [0.5, 0.6) is 17.2 Å². The van der Waals surface area contributed by atoms with E-state index >= 15 is 0 Å². The number of methoxy groups -OCH3 is 1. The number of benzene rings is 4. The van der Waals surface area contributed by atoms with Crippen LogP contribution in [0.3, 0.4) is 0 Å². The number of para-hydroxylation sites is 1. The van der Waals surface area contributed by atoms with Gasteiger partial charge in [-0.3, -0.25) is 9.59 Å². The average Bonchev–Trinajstić information content (AvgIpc) is 3.06.